The van der Waals surface area contributed by atoms with E-state index in [9.17, 15) is 9.90 Å². The van der Waals surface area contributed by atoms with Crippen LogP contribution in [0.1, 0.15) is 31.9 Å². The quantitative estimate of drug-likeness (QED) is 0.735. The minimum atomic E-state index is -0.821. The highest BCUT2D eigenvalue weighted by Crippen LogP contribution is 2.22. The molecule has 0 aliphatic carbocycles. The van der Waals surface area contributed by atoms with E-state index in [4.69, 9.17) is 5.73 Å². The van der Waals surface area contributed by atoms with Gasteiger partial charge in [-0.2, -0.15) is 0 Å². The molecule has 0 heterocycles. The maximum absolute atomic E-state index is 11.3. The number of benzene rings is 2. The lowest BCUT2D eigenvalue weighted by molar-refractivity contribution is -0.139. The summed E-state index contributed by atoms with van der Waals surface area (Å²) in [5.41, 5.74) is 7.33. The van der Waals surface area contributed by atoms with Gasteiger partial charge in [-0.25, -0.2) is 0 Å². The first-order valence-corrected chi connectivity index (χ1v) is 7.68. The van der Waals surface area contributed by atoms with Gasteiger partial charge in [-0.3, -0.25) is 4.79 Å². The Hall–Kier alpha value is -1.91. The number of aliphatic carboxylic acids is 1. The lowest BCUT2D eigenvalue weighted by Crippen LogP contribution is -2.41. The highest BCUT2D eigenvalue weighted by Gasteiger charge is 2.20. The van der Waals surface area contributed by atoms with Crippen LogP contribution in [0.4, 0.5) is 0 Å². The van der Waals surface area contributed by atoms with Gasteiger partial charge in [0.25, 0.3) is 0 Å². The molecule has 0 radical (unpaired) electrons. The van der Waals surface area contributed by atoms with E-state index in [0.717, 1.165) is 16.3 Å². The van der Waals surface area contributed by atoms with E-state index in [0.29, 0.717) is 18.9 Å². The van der Waals surface area contributed by atoms with Crippen LogP contribution in [-0.4, -0.2) is 23.7 Å². The lowest BCUT2D eigenvalue weighted by atomic mass is 9.98. The van der Waals surface area contributed by atoms with Crippen molar-refractivity contribution in [3.8, 4) is 0 Å². The van der Waals surface area contributed by atoms with Crippen molar-refractivity contribution in [3.05, 3.63) is 48.0 Å². The van der Waals surface area contributed by atoms with Crippen molar-refractivity contribution < 1.29 is 9.90 Å². The molecule has 0 spiro atoms. The second-order valence-corrected chi connectivity index (χ2v) is 6.10. The largest absolute Gasteiger partial charge is 0.480 e. The van der Waals surface area contributed by atoms with Crippen LogP contribution in [0.2, 0.25) is 0 Å². The van der Waals surface area contributed by atoms with Gasteiger partial charge in [0.05, 0.1) is 0 Å². The number of carbonyl (C=O) groups is 1. The number of nitrogens with one attached hydrogen (secondary N) is 1. The van der Waals surface area contributed by atoms with Gasteiger partial charge in [0.1, 0.15) is 6.04 Å². The number of nitrogens with two attached hydrogens (primary N) is 1. The Bertz CT molecular complexity index is 635. The predicted octanol–water partition coefficient (Wildman–Crippen LogP) is 2.93. The van der Waals surface area contributed by atoms with Crippen LogP contribution in [0, 0.1) is 5.92 Å². The Balaban J connectivity index is 2.10. The summed E-state index contributed by atoms with van der Waals surface area (Å²) in [4.78, 5) is 11.3. The lowest BCUT2D eigenvalue weighted by Gasteiger charge is -2.20. The first kappa shape index (κ1) is 16.5. The molecule has 0 saturated heterocycles. The number of hydrogen-bond acceptors (Lipinski definition) is 3. The van der Waals surface area contributed by atoms with Crippen molar-refractivity contribution in [1.29, 1.82) is 0 Å². The highest BCUT2D eigenvalue weighted by molar-refractivity contribution is 5.86. The van der Waals surface area contributed by atoms with Crippen molar-refractivity contribution in [1.82, 2.24) is 5.32 Å². The molecule has 118 valence electrons. The summed E-state index contributed by atoms with van der Waals surface area (Å²) in [6.07, 6.45) is 0.595. The molecular formula is C18H24N2O2. The van der Waals surface area contributed by atoms with Gasteiger partial charge in [0, 0.05) is 12.6 Å². The summed E-state index contributed by atoms with van der Waals surface area (Å²) in [6.45, 7) is 4.47. The molecule has 0 saturated carbocycles. The predicted molar refractivity (Wildman–Crippen MR) is 89.8 cm³/mol. The van der Waals surface area contributed by atoms with E-state index in [1.807, 2.05) is 44.2 Å². The second-order valence-electron chi connectivity index (χ2n) is 6.10. The Morgan fingerprint density at radius 3 is 2.55 bits per heavy atom. The molecule has 4 heteroatoms. The minimum absolute atomic E-state index is 0.236. The zero-order chi connectivity index (χ0) is 16.1. The van der Waals surface area contributed by atoms with Gasteiger partial charge in [-0.1, -0.05) is 56.3 Å². The zero-order valence-corrected chi connectivity index (χ0v) is 13.1. The third-order valence-electron chi connectivity index (χ3n) is 3.81. The van der Waals surface area contributed by atoms with E-state index in [2.05, 4.69) is 17.4 Å². The summed E-state index contributed by atoms with van der Waals surface area (Å²) < 4.78 is 0. The number of rotatable bonds is 7. The second kappa shape index (κ2) is 7.38. The molecule has 1 unspecified atom stereocenters. The standard InChI is InChI=1S/C18H24N2O2/c1-12(2)10-17(18(21)22)20-11-16(19)15-9-5-7-13-6-3-4-8-14(13)15/h3-9,12,16-17,20H,10-11,19H2,1-2H3,(H,21,22)/t16?,17-/m1/s1. The van der Waals surface area contributed by atoms with Gasteiger partial charge in [0.2, 0.25) is 0 Å². The zero-order valence-electron chi connectivity index (χ0n) is 13.1. The molecule has 0 bridgehead atoms. The third kappa shape index (κ3) is 4.06. The Morgan fingerprint density at radius 1 is 1.18 bits per heavy atom. The van der Waals surface area contributed by atoms with Crippen molar-refractivity contribution in [2.45, 2.75) is 32.4 Å². The highest BCUT2D eigenvalue weighted by atomic mass is 16.4. The average molecular weight is 300 g/mol. The van der Waals surface area contributed by atoms with Crippen LogP contribution < -0.4 is 11.1 Å². The van der Waals surface area contributed by atoms with Crippen molar-refractivity contribution in [2.75, 3.05) is 6.54 Å². The van der Waals surface area contributed by atoms with Crippen LogP contribution >= 0.6 is 0 Å². The molecule has 2 rings (SSSR count). The molecule has 2 aromatic carbocycles. The van der Waals surface area contributed by atoms with Gasteiger partial charge in [0.15, 0.2) is 0 Å². The molecule has 0 aromatic heterocycles. The topological polar surface area (TPSA) is 75.3 Å². The van der Waals surface area contributed by atoms with E-state index >= 15 is 0 Å². The van der Waals surface area contributed by atoms with Gasteiger partial charge < -0.3 is 16.2 Å². The summed E-state index contributed by atoms with van der Waals surface area (Å²) in [7, 11) is 0. The molecule has 0 aliphatic rings. The van der Waals surface area contributed by atoms with E-state index < -0.39 is 12.0 Å². The molecule has 4 N–H and O–H groups in total. The molecule has 4 nitrogen and oxygen atoms in total. The molecule has 0 amide bonds. The van der Waals surface area contributed by atoms with E-state index in [-0.39, 0.29) is 6.04 Å². The van der Waals surface area contributed by atoms with Crippen LogP contribution in [0.25, 0.3) is 10.8 Å². The summed E-state index contributed by atoms with van der Waals surface area (Å²) in [5.74, 6) is -0.499. The molecule has 22 heavy (non-hydrogen) atoms. The Labute approximate surface area is 131 Å². The summed E-state index contributed by atoms with van der Waals surface area (Å²) >= 11 is 0. The molecule has 0 aliphatic heterocycles. The fourth-order valence-electron chi connectivity index (χ4n) is 2.70. The number of fused-ring (bicyclic) bond motifs is 1. The van der Waals surface area contributed by atoms with E-state index in [1.54, 1.807) is 0 Å². The molecule has 0 fully saturated rings. The van der Waals surface area contributed by atoms with Crippen molar-refractivity contribution >= 4 is 16.7 Å². The van der Waals surface area contributed by atoms with Gasteiger partial charge >= 0.3 is 5.97 Å². The summed E-state index contributed by atoms with van der Waals surface area (Å²) in [6, 6.07) is 13.3. The Kier molecular flexibility index (Phi) is 5.52. The SMILES string of the molecule is CC(C)C[C@@H](NCC(N)c1cccc2ccccc12)C(=O)O. The van der Waals surface area contributed by atoms with Crippen molar-refractivity contribution in [3.63, 3.8) is 0 Å². The molecule has 2 aromatic rings. The van der Waals surface area contributed by atoms with Gasteiger partial charge in [-0.05, 0) is 28.7 Å². The maximum atomic E-state index is 11.3. The third-order valence-corrected chi connectivity index (χ3v) is 3.81. The first-order chi connectivity index (χ1) is 10.5. The normalized spacial score (nSPS) is 14.2. The van der Waals surface area contributed by atoms with Crippen LogP contribution in [0.5, 0.6) is 0 Å². The fourth-order valence-corrected chi connectivity index (χ4v) is 2.70. The van der Waals surface area contributed by atoms with Crippen LogP contribution in [-0.2, 0) is 4.79 Å². The Morgan fingerprint density at radius 2 is 1.86 bits per heavy atom. The monoisotopic (exact) mass is 300 g/mol. The van der Waals surface area contributed by atoms with Crippen molar-refractivity contribution in [2.24, 2.45) is 11.7 Å². The smallest absolute Gasteiger partial charge is 0.320 e. The van der Waals surface area contributed by atoms with Crippen LogP contribution in [0.3, 0.4) is 0 Å². The number of hydrogen-bond donors (Lipinski definition) is 3. The maximum Gasteiger partial charge on any atom is 0.320 e. The molecular weight excluding hydrogens is 276 g/mol. The first-order valence-electron chi connectivity index (χ1n) is 7.68. The van der Waals surface area contributed by atoms with Crippen LogP contribution in [0.15, 0.2) is 42.5 Å². The number of carboxylic acid groups (broad SMARTS) is 1. The molecule has 2 atom stereocenters. The minimum Gasteiger partial charge on any atom is -0.480 e. The summed E-state index contributed by atoms with van der Waals surface area (Å²) in [5, 5.41) is 14.6. The number of carboxylic acids is 1. The average Bonchev–Trinajstić information content (AvgIpc) is 2.50. The van der Waals surface area contributed by atoms with E-state index in [1.165, 1.54) is 0 Å². The van der Waals surface area contributed by atoms with Gasteiger partial charge in [-0.15, -0.1) is 0 Å². The fraction of sp³-hybridized carbons (Fsp3) is 0.389.